The van der Waals surface area contributed by atoms with E-state index in [1.165, 1.54) is 9.80 Å². The molecular formula is C30H49N13O11. The molecule has 0 unspecified atom stereocenters. The third-order valence-electron chi connectivity index (χ3n) is 8.52. The molecule has 0 saturated carbocycles. The number of rotatable bonds is 21. The Balaban J connectivity index is 2.35. The van der Waals surface area contributed by atoms with Gasteiger partial charge in [0.05, 0.1) is 25.8 Å². The molecule has 24 nitrogen and oxygen atoms in total. The lowest BCUT2D eigenvalue weighted by molar-refractivity contribution is -0.152. The number of carbonyl (C=O) groups excluding carboxylic acids is 9. The van der Waals surface area contributed by atoms with Gasteiger partial charge < -0.3 is 70.6 Å². The number of nitrogens with one attached hydrogen (secondary N) is 4. The molecular weight excluding hydrogens is 718 g/mol. The first kappa shape index (κ1) is 44.1. The average Bonchev–Trinajstić information content (AvgIpc) is 3.78. The number of nitrogens with zero attached hydrogens (tertiary/aromatic N) is 3. The minimum atomic E-state index is -1.82. The maximum absolute atomic E-state index is 14.0. The lowest BCUT2D eigenvalue weighted by Crippen LogP contribution is -2.60. The molecule has 0 bridgehead atoms. The van der Waals surface area contributed by atoms with Gasteiger partial charge in [0, 0.05) is 19.6 Å². The molecule has 24 heteroatoms. The summed E-state index contributed by atoms with van der Waals surface area (Å²) in [7, 11) is 0. The predicted molar refractivity (Wildman–Crippen MR) is 185 cm³/mol. The van der Waals surface area contributed by atoms with Crippen molar-refractivity contribution in [3.63, 3.8) is 0 Å². The molecule has 54 heavy (non-hydrogen) atoms. The van der Waals surface area contributed by atoms with Gasteiger partial charge in [-0.25, -0.2) is 4.79 Å². The number of guanidine groups is 1. The standard InChI is InChI=1S/C30H49N13O11/c31-13-23(47)38-15(10-20(32)44)24(48)40-17(12-22(34)46)26(50)41-16(11-21(33)45)25(49)39-14(4-1-7-37-30(35)36)27(51)42-8-2-5-18(42)28(52)43-9-3-6-19(43)29(53)54/h14-19H,1-13,31H2,(H2,32,44)(H2,33,45)(H2,34,46)(H,38,47)(H,39,49)(H,40,48)(H,41,50)(H,53,54)(H4,35,36,37)/t14-,15-,16-,17-,18-,19-/m0/s1. The van der Waals surface area contributed by atoms with Crippen LogP contribution in [0.4, 0.5) is 0 Å². The number of likely N-dealkylation sites (tertiary alicyclic amines) is 2. The Bertz CT molecular complexity index is 1500. The van der Waals surface area contributed by atoms with Crippen LogP contribution < -0.4 is 55.7 Å². The zero-order valence-corrected chi connectivity index (χ0v) is 29.5. The van der Waals surface area contributed by atoms with Gasteiger partial charge in [-0.2, -0.15) is 0 Å². The molecule has 0 spiro atoms. The summed E-state index contributed by atoms with van der Waals surface area (Å²) < 4.78 is 0. The minimum absolute atomic E-state index is 0.0246. The number of hydrogen-bond donors (Lipinski definition) is 11. The van der Waals surface area contributed by atoms with Gasteiger partial charge in [0.25, 0.3) is 0 Å². The topological polar surface area (TPSA) is 414 Å². The molecule has 2 heterocycles. The second kappa shape index (κ2) is 20.8. The third-order valence-corrected chi connectivity index (χ3v) is 8.52. The van der Waals surface area contributed by atoms with E-state index in [4.69, 9.17) is 34.4 Å². The van der Waals surface area contributed by atoms with Gasteiger partial charge in [-0.05, 0) is 38.5 Å². The summed E-state index contributed by atoms with van der Waals surface area (Å²) in [5.41, 5.74) is 31.8. The summed E-state index contributed by atoms with van der Waals surface area (Å²) in [6, 6.07) is -8.71. The highest BCUT2D eigenvalue weighted by Crippen LogP contribution is 2.26. The van der Waals surface area contributed by atoms with Gasteiger partial charge in [0.2, 0.25) is 53.2 Å². The molecule has 2 saturated heterocycles. The molecule has 6 atom stereocenters. The predicted octanol–water partition coefficient (Wildman–Crippen LogP) is -7.37. The summed E-state index contributed by atoms with van der Waals surface area (Å²) in [6.45, 7) is -0.267. The van der Waals surface area contributed by atoms with Crippen molar-refractivity contribution in [1.29, 1.82) is 0 Å². The Kier molecular flexibility index (Phi) is 17.0. The van der Waals surface area contributed by atoms with Crippen molar-refractivity contribution >= 4 is 65.1 Å². The summed E-state index contributed by atoms with van der Waals surface area (Å²) in [5.74, 6) is -10.3. The first-order valence-corrected chi connectivity index (χ1v) is 17.0. The largest absolute Gasteiger partial charge is 0.480 e. The van der Waals surface area contributed by atoms with Gasteiger partial charge in [0.15, 0.2) is 5.96 Å². The molecule has 2 rings (SSSR count). The van der Waals surface area contributed by atoms with Gasteiger partial charge in [-0.1, -0.05) is 0 Å². The van der Waals surface area contributed by atoms with Crippen LogP contribution >= 0.6 is 0 Å². The highest BCUT2D eigenvalue weighted by Gasteiger charge is 2.44. The van der Waals surface area contributed by atoms with E-state index in [2.05, 4.69) is 26.3 Å². The van der Waals surface area contributed by atoms with Crippen molar-refractivity contribution in [3.8, 4) is 0 Å². The number of aliphatic carboxylic acids is 1. The van der Waals surface area contributed by atoms with Crippen molar-refractivity contribution in [2.24, 2.45) is 39.4 Å². The summed E-state index contributed by atoms with van der Waals surface area (Å²) >= 11 is 0. The van der Waals surface area contributed by atoms with E-state index in [1.807, 2.05) is 0 Å². The number of amides is 9. The van der Waals surface area contributed by atoms with Crippen molar-refractivity contribution in [3.05, 3.63) is 0 Å². The van der Waals surface area contributed by atoms with E-state index in [0.29, 0.717) is 12.8 Å². The van der Waals surface area contributed by atoms with Crippen molar-refractivity contribution in [1.82, 2.24) is 31.1 Å². The zero-order chi connectivity index (χ0) is 40.7. The smallest absolute Gasteiger partial charge is 0.326 e. The lowest BCUT2D eigenvalue weighted by atomic mass is 10.1. The Morgan fingerprint density at radius 2 is 1.09 bits per heavy atom. The fourth-order valence-corrected chi connectivity index (χ4v) is 6.03. The Labute approximate surface area is 308 Å². The first-order valence-electron chi connectivity index (χ1n) is 17.0. The Morgan fingerprint density at radius 1 is 0.648 bits per heavy atom. The summed E-state index contributed by atoms with van der Waals surface area (Å²) in [4.78, 5) is 133. The molecule has 300 valence electrons. The monoisotopic (exact) mass is 767 g/mol. The van der Waals surface area contributed by atoms with Gasteiger partial charge in [-0.3, -0.25) is 48.1 Å². The number of primary amides is 3. The maximum atomic E-state index is 14.0. The molecule has 17 N–H and O–H groups in total. The number of carboxylic acid groups (broad SMARTS) is 1. The van der Waals surface area contributed by atoms with Gasteiger partial charge >= 0.3 is 5.97 Å². The van der Waals surface area contributed by atoms with Crippen LogP contribution in [-0.2, 0) is 47.9 Å². The van der Waals surface area contributed by atoms with E-state index in [9.17, 15) is 53.1 Å². The molecule has 2 fully saturated rings. The molecule has 0 radical (unpaired) electrons. The quantitative estimate of drug-likeness (QED) is 0.0294. The third kappa shape index (κ3) is 13.5. The van der Waals surface area contributed by atoms with Crippen molar-refractivity contribution < 1.29 is 53.1 Å². The van der Waals surface area contributed by atoms with E-state index in [1.54, 1.807) is 0 Å². The maximum Gasteiger partial charge on any atom is 0.326 e. The van der Waals surface area contributed by atoms with Crippen LogP contribution in [0, 0.1) is 0 Å². The molecule has 0 aromatic rings. The molecule has 2 aliphatic heterocycles. The highest BCUT2D eigenvalue weighted by molar-refractivity contribution is 6.00. The van der Waals surface area contributed by atoms with Gasteiger partial charge in [0.1, 0.15) is 36.3 Å². The zero-order valence-electron chi connectivity index (χ0n) is 29.5. The van der Waals surface area contributed by atoms with E-state index in [-0.39, 0.29) is 51.3 Å². The highest BCUT2D eigenvalue weighted by atomic mass is 16.4. The number of carbonyl (C=O) groups is 10. The number of nitrogens with two attached hydrogens (primary N) is 6. The molecule has 0 aromatic heterocycles. The van der Waals surface area contributed by atoms with Crippen LogP contribution in [0.2, 0.25) is 0 Å². The summed E-state index contributed by atoms with van der Waals surface area (Å²) in [6.07, 6.45) is -1.06. The van der Waals surface area contributed by atoms with E-state index in [0.717, 1.165) is 0 Å². The second-order valence-electron chi connectivity index (χ2n) is 12.7. The van der Waals surface area contributed by atoms with Gasteiger partial charge in [-0.15, -0.1) is 0 Å². The van der Waals surface area contributed by atoms with Crippen LogP contribution in [-0.4, -0.2) is 142 Å². The fourth-order valence-electron chi connectivity index (χ4n) is 6.03. The fraction of sp³-hybridized carbons (Fsp3) is 0.633. The summed E-state index contributed by atoms with van der Waals surface area (Å²) in [5, 5.41) is 18.5. The second-order valence-corrected chi connectivity index (χ2v) is 12.7. The Morgan fingerprint density at radius 3 is 1.54 bits per heavy atom. The minimum Gasteiger partial charge on any atom is -0.480 e. The molecule has 2 aliphatic rings. The Hall–Kier alpha value is -6.07. The van der Waals surface area contributed by atoms with Crippen LogP contribution in [0.15, 0.2) is 4.99 Å². The lowest BCUT2D eigenvalue weighted by Gasteiger charge is -2.32. The SMILES string of the molecule is NCC(=O)N[C@@H](CC(N)=O)C(=O)N[C@@H](CC(N)=O)C(=O)N[C@@H](CC(N)=O)C(=O)N[C@@H](CCCN=C(N)N)C(=O)N1CCC[C@H]1C(=O)N1CCC[C@H]1C(=O)O. The molecule has 0 aliphatic carbocycles. The average molecular weight is 768 g/mol. The number of aliphatic imine (C=N–C) groups is 1. The molecule has 0 aromatic carbocycles. The van der Waals surface area contributed by atoms with Crippen LogP contribution in [0.3, 0.4) is 0 Å². The van der Waals surface area contributed by atoms with Crippen molar-refractivity contribution in [2.45, 2.75) is 94.0 Å². The van der Waals surface area contributed by atoms with Crippen LogP contribution in [0.25, 0.3) is 0 Å². The van der Waals surface area contributed by atoms with Crippen LogP contribution in [0.5, 0.6) is 0 Å². The normalized spacial score (nSPS) is 18.6. The molecule has 9 amide bonds. The first-order chi connectivity index (χ1) is 25.4. The van der Waals surface area contributed by atoms with E-state index >= 15 is 0 Å². The number of hydrogen-bond acceptors (Lipinski definition) is 12. The van der Waals surface area contributed by atoms with Crippen molar-refractivity contribution in [2.75, 3.05) is 26.2 Å². The number of carboxylic acids is 1. The van der Waals surface area contributed by atoms with E-state index < -0.39 is 121 Å². The van der Waals surface area contributed by atoms with Crippen LogP contribution in [0.1, 0.15) is 57.8 Å².